The van der Waals surface area contributed by atoms with Crippen molar-refractivity contribution in [3.8, 4) is 0 Å². The molecule has 4 rings (SSSR count). The minimum Gasteiger partial charge on any atom is -0.339 e. The summed E-state index contributed by atoms with van der Waals surface area (Å²) in [6.45, 7) is 1.99. The van der Waals surface area contributed by atoms with E-state index in [4.69, 9.17) is 16.7 Å². The maximum Gasteiger partial charge on any atom is 0.322 e. The molecule has 2 aromatic rings. The lowest BCUT2D eigenvalue weighted by Crippen LogP contribution is -2.41. The van der Waals surface area contributed by atoms with Crippen molar-refractivity contribution in [1.82, 2.24) is 24.5 Å². The Labute approximate surface area is 179 Å². The molecule has 1 aromatic heterocycles. The van der Waals surface area contributed by atoms with Crippen molar-refractivity contribution in [3.63, 3.8) is 0 Å². The second-order valence-corrected chi connectivity index (χ2v) is 8.40. The second kappa shape index (κ2) is 7.88. The van der Waals surface area contributed by atoms with Gasteiger partial charge in [0, 0.05) is 43.9 Å². The number of halogens is 2. The Bertz CT molecular complexity index is 1010. The van der Waals surface area contributed by atoms with Gasteiger partial charge in [0.15, 0.2) is 0 Å². The Hall–Kier alpha value is -2.65. The third kappa shape index (κ3) is 3.75. The molecule has 0 fully saturated rings. The zero-order chi connectivity index (χ0) is 21.6. The predicted molar refractivity (Wildman–Crippen MR) is 111 cm³/mol. The average molecular weight is 435 g/mol. The number of likely N-dealkylation sites (N-methyl/N-ethyl adjacent to an activating group) is 2. The van der Waals surface area contributed by atoms with E-state index in [2.05, 4.69) is 10.2 Å². The van der Waals surface area contributed by atoms with Crippen molar-refractivity contribution in [3.05, 3.63) is 46.0 Å². The van der Waals surface area contributed by atoms with E-state index in [-0.39, 0.29) is 29.5 Å². The molecule has 1 N–H and O–H groups in total. The van der Waals surface area contributed by atoms with Gasteiger partial charge >= 0.3 is 6.03 Å². The minimum atomic E-state index is -0.543. The van der Waals surface area contributed by atoms with Gasteiger partial charge in [-0.3, -0.25) is 9.48 Å². The van der Waals surface area contributed by atoms with Crippen LogP contribution >= 0.6 is 11.6 Å². The van der Waals surface area contributed by atoms with Crippen LogP contribution in [-0.2, 0) is 19.5 Å². The van der Waals surface area contributed by atoms with Crippen molar-refractivity contribution in [2.75, 3.05) is 39.5 Å². The largest absolute Gasteiger partial charge is 0.339 e. The van der Waals surface area contributed by atoms with Crippen LogP contribution in [0, 0.1) is 5.82 Å². The molecule has 30 heavy (non-hydrogen) atoms. The van der Waals surface area contributed by atoms with Crippen LogP contribution in [0.2, 0.25) is 5.02 Å². The number of hydrogen-bond donors (Lipinski definition) is 1. The van der Waals surface area contributed by atoms with Gasteiger partial charge in [-0.05, 0) is 32.3 Å². The van der Waals surface area contributed by atoms with E-state index < -0.39 is 5.82 Å². The summed E-state index contributed by atoms with van der Waals surface area (Å²) in [4.78, 5) is 31.3. The van der Waals surface area contributed by atoms with Crippen LogP contribution in [0.1, 0.15) is 21.7 Å². The number of benzene rings is 1. The van der Waals surface area contributed by atoms with Crippen molar-refractivity contribution in [1.29, 1.82) is 0 Å². The lowest BCUT2D eigenvalue weighted by molar-refractivity contribution is 0.0766. The number of hydrogen-bond acceptors (Lipinski definition) is 4. The van der Waals surface area contributed by atoms with Gasteiger partial charge in [0.25, 0.3) is 5.91 Å². The van der Waals surface area contributed by atoms with E-state index in [1.807, 2.05) is 14.1 Å². The standard InChI is InChI=1S/C20H24ClFN6O2/c1-25(2)13-9-26(3)19(29)18-14-11-27(7-6-17(14)24-28(18)10-13)20(30)23-12-4-5-16(22)15(21)8-12/h4-5,8,13H,6-7,9-11H2,1-3H3,(H,23,30). The fraction of sp³-hybridized carbons (Fsp3) is 0.450. The van der Waals surface area contributed by atoms with Gasteiger partial charge in [0.1, 0.15) is 11.5 Å². The third-order valence-electron chi connectivity index (χ3n) is 5.71. The number of amides is 3. The molecule has 0 radical (unpaired) electrons. The van der Waals surface area contributed by atoms with E-state index >= 15 is 0 Å². The highest BCUT2D eigenvalue weighted by atomic mass is 35.5. The van der Waals surface area contributed by atoms with Crippen molar-refractivity contribution in [2.24, 2.45) is 0 Å². The quantitative estimate of drug-likeness (QED) is 0.787. The summed E-state index contributed by atoms with van der Waals surface area (Å²) in [6.07, 6.45) is 0.566. The number of nitrogens with one attached hydrogen (secondary N) is 1. The Balaban J connectivity index is 1.57. The molecule has 1 unspecified atom stereocenters. The zero-order valence-electron chi connectivity index (χ0n) is 17.2. The molecule has 8 nitrogen and oxygen atoms in total. The lowest BCUT2D eigenvalue weighted by atomic mass is 10.0. The number of urea groups is 1. The van der Waals surface area contributed by atoms with Crippen LogP contribution in [0.3, 0.4) is 0 Å². The van der Waals surface area contributed by atoms with Crippen LogP contribution in [-0.4, -0.2) is 76.7 Å². The summed E-state index contributed by atoms with van der Waals surface area (Å²) in [5.41, 5.74) is 2.62. The molecular weight excluding hydrogens is 411 g/mol. The van der Waals surface area contributed by atoms with Crippen LogP contribution < -0.4 is 5.32 Å². The van der Waals surface area contributed by atoms with E-state index in [9.17, 15) is 14.0 Å². The molecule has 2 aliphatic rings. The number of carbonyl (C=O) groups excluding carboxylic acids is 2. The SMILES string of the molecule is CN1CC(N(C)C)Cn2nc3c(c2C1=O)CN(C(=O)Nc1ccc(F)c(Cl)c1)CC3. The Morgan fingerprint density at radius 3 is 2.80 bits per heavy atom. The van der Waals surface area contributed by atoms with Gasteiger partial charge < -0.3 is 20.0 Å². The number of fused-ring (bicyclic) bond motifs is 3. The van der Waals surface area contributed by atoms with Crippen LogP contribution in [0.15, 0.2) is 18.2 Å². The van der Waals surface area contributed by atoms with Gasteiger partial charge in [0.2, 0.25) is 0 Å². The van der Waals surface area contributed by atoms with Gasteiger partial charge in [-0.25, -0.2) is 9.18 Å². The first-order valence-electron chi connectivity index (χ1n) is 9.76. The maximum atomic E-state index is 13.4. The summed E-state index contributed by atoms with van der Waals surface area (Å²) >= 11 is 5.80. The van der Waals surface area contributed by atoms with E-state index in [0.717, 1.165) is 11.3 Å². The molecular formula is C20H24ClFN6O2. The summed E-state index contributed by atoms with van der Waals surface area (Å²) < 4.78 is 15.2. The van der Waals surface area contributed by atoms with Crippen LogP contribution in [0.4, 0.5) is 14.9 Å². The summed E-state index contributed by atoms with van der Waals surface area (Å²) in [5, 5.41) is 7.38. The first-order valence-corrected chi connectivity index (χ1v) is 10.1. The van der Waals surface area contributed by atoms with Gasteiger partial charge in [0.05, 0.1) is 23.8 Å². The second-order valence-electron chi connectivity index (χ2n) is 7.99. The zero-order valence-corrected chi connectivity index (χ0v) is 17.9. The van der Waals surface area contributed by atoms with Crippen molar-refractivity contribution in [2.45, 2.75) is 25.6 Å². The normalized spacial score (nSPS) is 18.9. The minimum absolute atomic E-state index is 0.0558. The van der Waals surface area contributed by atoms with E-state index in [1.54, 1.807) is 21.5 Å². The van der Waals surface area contributed by atoms with Crippen molar-refractivity contribution >= 4 is 29.2 Å². The highest BCUT2D eigenvalue weighted by molar-refractivity contribution is 6.31. The number of aromatic nitrogens is 2. The highest BCUT2D eigenvalue weighted by Gasteiger charge is 2.35. The van der Waals surface area contributed by atoms with Gasteiger partial charge in [-0.2, -0.15) is 5.10 Å². The molecule has 1 atom stereocenters. The molecule has 1 aromatic carbocycles. The summed E-state index contributed by atoms with van der Waals surface area (Å²) in [7, 11) is 5.77. The molecule has 10 heteroatoms. The van der Waals surface area contributed by atoms with E-state index in [1.165, 1.54) is 18.2 Å². The van der Waals surface area contributed by atoms with Crippen molar-refractivity contribution < 1.29 is 14.0 Å². The summed E-state index contributed by atoms with van der Waals surface area (Å²) in [5.74, 6) is -0.626. The topological polar surface area (TPSA) is 73.7 Å². The first-order chi connectivity index (χ1) is 14.2. The van der Waals surface area contributed by atoms with E-state index in [0.29, 0.717) is 37.4 Å². The van der Waals surface area contributed by atoms with Gasteiger partial charge in [-0.1, -0.05) is 11.6 Å². The lowest BCUT2D eigenvalue weighted by Gasteiger charge is -2.28. The summed E-state index contributed by atoms with van der Waals surface area (Å²) in [6, 6.07) is 3.86. The average Bonchev–Trinajstić information content (AvgIpc) is 3.00. The molecule has 0 bridgehead atoms. The molecule has 2 aliphatic heterocycles. The predicted octanol–water partition coefficient (Wildman–Crippen LogP) is 2.28. The number of rotatable bonds is 2. The monoisotopic (exact) mass is 434 g/mol. The molecule has 0 saturated heterocycles. The Morgan fingerprint density at radius 2 is 2.10 bits per heavy atom. The first kappa shape index (κ1) is 20.6. The molecule has 3 amide bonds. The molecule has 0 aliphatic carbocycles. The molecule has 0 spiro atoms. The molecule has 160 valence electrons. The third-order valence-corrected chi connectivity index (χ3v) is 6.00. The smallest absolute Gasteiger partial charge is 0.322 e. The highest BCUT2D eigenvalue weighted by Crippen LogP contribution is 2.27. The van der Waals surface area contributed by atoms with Gasteiger partial charge in [-0.15, -0.1) is 0 Å². The van der Waals surface area contributed by atoms with Crippen LogP contribution in [0.5, 0.6) is 0 Å². The maximum absolute atomic E-state index is 13.4. The molecule has 3 heterocycles. The Morgan fingerprint density at radius 1 is 1.33 bits per heavy atom. The Kier molecular flexibility index (Phi) is 5.42. The van der Waals surface area contributed by atoms with Crippen LogP contribution in [0.25, 0.3) is 0 Å². The number of anilines is 1. The fourth-order valence-electron chi connectivity index (χ4n) is 3.91. The molecule has 0 saturated carbocycles. The fourth-order valence-corrected chi connectivity index (χ4v) is 4.09. The number of carbonyl (C=O) groups is 2. The number of nitrogens with zero attached hydrogens (tertiary/aromatic N) is 5.